The van der Waals surface area contributed by atoms with Crippen LogP contribution in [0.3, 0.4) is 0 Å². The monoisotopic (exact) mass is 634 g/mol. The van der Waals surface area contributed by atoms with E-state index < -0.39 is 0 Å². The lowest BCUT2D eigenvalue weighted by Crippen LogP contribution is -2.59. The summed E-state index contributed by atoms with van der Waals surface area (Å²) in [5, 5.41) is 13.8. The number of aromatic nitrogens is 2. The number of thiophene rings is 1. The Morgan fingerprint density at radius 1 is 0.490 bits per heavy atom. The molecular formula is C45H23BN2S. The number of hydrogen-bond donors (Lipinski definition) is 0. The first-order chi connectivity index (χ1) is 24.2. The van der Waals surface area contributed by atoms with Crippen molar-refractivity contribution in [2.75, 3.05) is 0 Å². The van der Waals surface area contributed by atoms with Crippen molar-refractivity contribution in [1.29, 1.82) is 0 Å². The summed E-state index contributed by atoms with van der Waals surface area (Å²) in [5.41, 5.74) is 16.3. The van der Waals surface area contributed by atoms with Crippen LogP contribution in [0.25, 0.3) is 108 Å². The molecule has 49 heavy (non-hydrogen) atoms. The molecule has 222 valence electrons. The second kappa shape index (κ2) is 7.73. The van der Waals surface area contributed by atoms with Gasteiger partial charge in [-0.25, -0.2) is 0 Å². The number of aryl methyl sites for hydroxylation is 1. The summed E-state index contributed by atoms with van der Waals surface area (Å²) >= 11 is 1.97. The van der Waals surface area contributed by atoms with Crippen LogP contribution < -0.4 is 16.4 Å². The summed E-state index contributed by atoms with van der Waals surface area (Å²) in [5.74, 6) is 0. The zero-order chi connectivity index (χ0) is 31.4. The molecule has 1 aliphatic carbocycles. The van der Waals surface area contributed by atoms with Crippen LogP contribution in [-0.2, 0) is 0 Å². The summed E-state index contributed by atoms with van der Waals surface area (Å²) < 4.78 is 8.03. The fourth-order valence-corrected chi connectivity index (χ4v) is 11.8. The average Bonchev–Trinajstić information content (AvgIpc) is 3.77. The number of hydrogen-bond acceptors (Lipinski definition) is 1. The summed E-state index contributed by atoms with van der Waals surface area (Å²) in [6.07, 6.45) is 0. The summed E-state index contributed by atoms with van der Waals surface area (Å²) in [4.78, 5) is 0. The summed E-state index contributed by atoms with van der Waals surface area (Å²) in [6.45, 7) is 2.40. The highest BCUT2D eigenvalue weighted by atomic mass is 32.1. The maximum absolute atomic E-state index is 2.66. The fraction of sp³-hybridized carbons (Fsp3) is 0.0222. The molecule has 14 rings (SSSR count). The van der Waals surface area contributed by atoms with E-state index >= 15 is 0 Å². The molecule has 2 nitrogen and oxygen atoms in total. The van der Waals surface area contributed by atoms with E-state index in [1.165, 1.54) is 130 Å². The third kappa shape index (κ3) is 2.49. The van der Waals surface area contributed by atoms with Gasteiger partial charge in [0.2, 0.25) is 0 Å². The molecule has 2 aliphatic heterocycles. The van der Waals surface area contributed by atoms with Gasteiger partial charge in [0.1, 0.15) is 0 Å². The van der Waals surface area contributed by atoms with Crippen molar-refractivity contribution in [3.05, 3.63) is 127 Å². The molecule has 0 saturated carbocycles. The molecule has 0 amide bonds. The van der Waals surface area contributed by atoms with Gasteiger partial charge in [-0.1, -0.05) is 84.9 Å². The largest absolute Gasteiger partial charge is 0.310 e. The highest BCUT2D eigenvalue weighted by Gasteiger charge is 2.42. The molecule has 5 heterocycles. The van der Waals surface area contributed by atoms with E-state index in [-0.39, 0.29) is 6.71 Å². The van der Waals surface area contributed by atoms with E-state index in [0.717, 1.165) is 0 Å². The van der Waals surface area contributed by atoms with Crippen LogP contribution in [0.15, 0.2) is 121 Å². The molecule has 11 aromatic rings. The Labute approximate surface area is 284 Å². The molecular weight excluding hydrogens is 611 g/mol. The van der Waals surface area contributed by atoms with Gasteiger partial charge in [-0.05, 0) is 97.9 Å². The van der Waals surface area contributed by atoms with Gasteiger partial charge in [-0.15, -0.1) is 11.3 Å². The maximum Gasteiger partial charge on any atom is 0.252 e. The zero-order valence-electron chi connectivity index (χ0n) is 26.4. The van der Waals surface area contributed by atoms with E-state index in [0.29, 0.717) is 0 Å². The number of rotatable bonds is 0. The van der Waals surface area contributed by atoms with E-state index in [9.17, 15) is 0 Å². The zero-order valence-corrected chi connectivity index (χ0v) is 27.2. The molecule has 4 heteroatoms. The van der Waals surface area contributed by atoms with E-state index in [2.05, 4.69) is 137 Å². The Hall–Kier alpha value is -5.84. The number of para-hydroxylation sites is 1. The van der Waals surface area contributed by atoms with Crippen LogP contribution in [-0.4, -0.2) is 15.8 Å². The SMILES string of the molecule is Cc1cc2c3c(c1)-n1c4ccc5cccc6c5c4c4c5c(cc(c41)B3c1cc3ccccc3c3c4ccccc4n-2c13)sc1cccc-6c15. The molecule has 8 aromatic carbocycles. The van der Waals surface area contributed by atoms with Gasteiger partial charge in [-0.2, -0.15) is 0 Å². The van der Waals surface area contributed by atoms with Crippen molar-refractivity contribution < 1.29 is 0 Å². The lowest BCUT2D eigenvalue weighted by molar-refractivity contribution is 1.13. The van der Waals surface area contributed by atoms with Gasteiger partial charge < -0.3 is 9.13 Å². The Kier molecular flexibility index (Phi) is 3.84. The maximum atomic E-state index is 2.66. The summed E-state index contributed by atoms with van der Waals surface area (Å²) in [6, 6.07) is 46.7. The Morgan fingerprint density at radius 2 is 1.20 bits per heavy atom. The molecule has 0 atom stereocenters. The Morgan fingerprint density at radius 3 is 2.10 bits per heavy atom. The molecule has 0 unspecified atom stereocenters. The lowest BCUT2D eigenvalue weighted by atomic mass is 9.34. The van der Waals surface area contributed by atoms with Crippen molar-refractivity contribution in [1.82, 2.24) is 9.13 Å². The molecule has 3 aromatic heterocycles. The van der Waals surface area contributed by atoms with Crippen molar-refractivity contribution in [3.63, 3.8) is 0 Å². The first kappa shape index (κ1) is 24.3. The third-order valence-electron chi connectivity index (χ3n) is 12.2. The predicted molar refractivity (Wildman–Crippen MR) is 211 cm³/mol. The Balaban J connectivity index is 1.31. The van der Waals surface area contributed by atoms with Gasteiger partial charge in [0.25, 0.3) is 6.71 Å². The second-order valence-corrected chi connectivity index (χ2v) is 15.5. The quantitative estimate of drug-likeness (QED) is 0.147. The van der Waals surface area contributed by atoms with Crippen LogP contribution in [0, 0.1) is 6.92 Å². The first-order valence-corrected chi connectivity index (χ1v) is 18.0. The topological polar surface area (TPSA) is 9.86 Å². The van der Waals surface area contributed by atoms with E-state index in [4.69, 9.17) is 0 Å². The summed E-state index contributed by atoms with van der Waals surface area (Å²) in [7, 11) is 0. The van der Waals surface area contributed by atoms with E-state index in [1.807, 2.05) is 11.3 Å². The highest BCUT2D eigenvalue weighted by molar-refractivity contribution is 7.26. The Bertz CT molecular complexity index is 3460. The highest BCUT2D eigenvalue weighted by Crippen LogP contribution is 2.52. The first-order valence-electron chi connectivity index (χ1n) is 17.2. The van der Waals surface area contributed by atoms with Gasteiger partial charge in [0, 0.05) is 53.1 Å². The molecule has 0 spiro atoms. The molecule has 0 bridgehead atoms. The second-order valence-electron chi connectivity index (χ2n) is 14.5. The van der Waals surface area contributed by atoms with Crippen molar-refractivity contribution in [3.8, 4) is 22.5 Å². The average molecular weight is 635 g/mol. The van der Waals surface area contributed by atoms with Gasteiger partial charge in [-0.3, -0.25) is 0 Å². The molecule has 3 aliphatic rings. The van der Waals surface area contributed by atoms with Crippen molar-refractivity contribution in [2.24, 2.45) is 0 Å². The van der Waals surface area contributed by atoms with Gasteiger partial charge in [0.15, 0.2) is 0 Å². The molecule has 0 saturated heterocycles. The normalized spacial score (nSPS) is 13.8. The predicted octanol–water partition coefficient (Wildman–Crippen LogP) is 9.99. The minimum Gasteiger partial charge on any atom is -0.310 e. The number of nitrogens with zero attached hydrogens (tertiary/aromatic N) is 2. The van der Waals surface area contributed by atoms with Gasteiger partial charge >= 0.3 is 0 Å². The third-order valence-corrected chi connectivity index (χ3v) is 13.3. The van der Waals surface area contributed by atoms with Gasteiger partial charge in [0.05, 0.1) is 22.1 Å². The van der Waals surface area contributed by atoms with Crippen LogP contribution in [0.1, 0.15) is 5.56 Å². The van der Waals surface area contributed by atoms with Crippen LogP contribution in [0.2, 0.25) is 0 Å². The fourth-order valence-electron chi connectivity index (χ4n) is 10.6. The minimum atomic E-state index is 0.120. The molecule has 0 N–H and O–H groups in total. The van der Waals surface area contributed by atoms with Crippen LogP contribution in [0.4, 0.5) is 0 Å². The molecule has 0 radical (unpaired) electrons. The lowest BCUT2D eigenvalue weighted by Gasteiger charge is -2.34. The number of fused-ring (bicyclic) bond motifs is 11. The number of benzene rings is 8. The standard InChI is InChI=1S/C45H23BN2S/c1-22-18-33-43-34(19-22)48-32-17-16-23-9-6-12-26-27-13-7-15-35-39(27)41-36(49-35)21-30(45(48)42(41)40(32)37(23)26)46(43)29-20-24-8-2-3-10-25(24)38-28-11-4-5-14-31(28)47(33)44(29)38/h2-21H,1H3. The van der Waals surface area contributed by atoms with Crippen molar-refractivity contribution >= 4 is 120 Å². The smallest absolute Gasteiger partial charge is 0.252 e. The van der Waals surface area contributed by atoms with Crippen LogP contribution >= 0.6 is 11.3 Å². The van der Waals surface area contributed by atoms with Crippen molar-refractivity contribution in [2.45, 2.75) is 6.92 Å². The minimum absolute atomic E-state index is 0.120. The molecule has 0 fully saturated rings. The van der Waals surface area contributed by atoms with Crippen LogP contribution in [0.5, 0.6) is 0 Å². The van der Waals surface area contributed by atoms with E-state index in [1.54, 1.807) is 0 Å².